The van der Waals surface area contributed by atoms with Crippen LogP contribution < -0.4 is 0 Å². The number of piperidine rings is 1. The van der Waals surface area contributed by atoms with Gasteiger partial charge < -0.3 is 14.2 Å². The number of thiazole rings is 1. The first-order chi connectivity index (χ1) is 10.3. The molecule has 0 radical (unpaired) electrons. The lowest BCUT2D eigenvalue weighted by atomic mass is 9.96. The van der Waals surface area contributed by atoms with Gasteiger partial charge in [-0.05, 0) is 12.8 Å². The molecule has 0 aromatic carbocycles. The Morgan fingerprint density at radius 1 is 1.52 bits per heavy atom. The maximum Gasteiger partial charge on any atom is 0.273 e. The highest BCUT2D eigenvalue weighted by Crippen LogP contribution is 2.26. The van der Waals surface area contributed by atoms with Crippen molar-refractivity contribution in [1.29, 1.82) is 0 Å². The van der Waals surface area contributed by atoms with Crippen LogP contribution in [0.5, 0.6) is 0 Å². The monoisotopic (exact) mass is 308 g/mol. The van der Waals surface area contributed by atoms with Gasteiger partial charge in [-0.25, -0.2) is 4.98 Å². The number of aromatic nitrogens is 3. The smallest absolute Gasteiger partial charge is 0.273 e. The molecule has 1 saturated heterocycles. The van der Waals surface area contributed by atoms with Crippen LogP contribution in [0.25, 0.3) is 0 Å². The van der Waals surface area contributed by atoms with Crippen molar-refractivity contribution in [3.63, 3.8) is 0 Å². The Hall–Kier alpha value is -1.80. The Bertz CT molecular complexity index is 590. The van der Waals surface area contributed by atoms with Gasteiger partial charge in [0.15, 0.2) is 5.82 Å². The molecule has 0 N–H and O–H groups in total. The Kier molecular flexibility index (Phi) is 4.26. The number of ether oxygens (including phenoxy) is 1. The summed E-state index contributed by atoms with van der Waals surface area (Å²) in [6.07, 6.45) is 1.67. The zero-order chi connectivity index (χ0) is 14.7. The lowest BCUT2D eigenvalue weighted by Gasteiger charge is -2.30. The first kappa shape index (κ1) is 14.2. The summed E-state index contributed by atoms with van der Waals surface area (Å²) in [6, 6.07) is 0. The lowest BCUT2D eigenvalue weighted by Crippen LogP contribution is -2.38. The van der Waals surface area contributed by atoms with Crippen LogP contribution in [0.2, 0.25) is 0 Å². The zero-order valence-electron chi connectivity index (χ0n) is 11.7. The molecule has 0 saturated carbocycles. The average molecular weight is 308 g/mol. The molecule has 1 aliphatic rings. The van der Waals surface area contributed by atoms with Crippen LogP contribution in [-0.4, -0.2) is 46.1 Å². The fourth-order valence-corrected chi connectivity index (χ4v) is 2.96. The van der Waals surface area contributed by atoms with Gasteiger partial charge in [-0.15, -0.1) is 11.3 Å². The second-order valence-electron chi connectivity index (χ2n) is 4.92. The lowest BCUT2D eigenvalue weighted by molar-refractivity contribution is 0.0705. The molecule has 2 aromatic rings. The van der Waals surface area contributed by atoms with Gasteiger partial charge in [-0.3, -0.25) is 4.79 Å². The van der Waals surface area contributed by atoms with E-state index in [1.54, 1.807) is 18.0 Å². The Balaban J connectivity index is 1.58. The van der Waals surface area contributed by atoms with E-state index in [-0.39, 0.29) is 11.8 Å². The molecule has 0 bridgehead atoms. The molecule has 0 unspecified atom stereocenters. The summed E-state index contributed by atoms with van der Waals surface area (Å²) in [6.45, 7) is 1.71. The normalized spacial score (nSPS) is 16.3. The third-order valence-electron chi connectivity index (χ3n) is 3.55. The van der Waals surface area contributed by atoms with Crippen LogP contribution in [0.1, 0.15) is 41.0 Å². The van der Waals surface area contributed by atoms with E-state index < -0.39 is 0 Å². The van der Waals surface area contributed by atoms with Crippen molar-refractivity contribution in [1.82, 2.24) is 20.0 Å². The SMILES string of the molecule is COCc1nc(C2CCN(C(=O)c3cscn3)CC2)no1. The third kappa shape index (κ3) is 3.11. The second kappa shape index (κ2) is 6.31. The molecule has 0 spiro atoms. The maximum absolute atomic E-state index is 12.2. The summed E-state index contributed by atoms with van der Waals surface area (Å²) in [7, 11) is 1.59. The van der Waals surface area contributed by atoms with E-state index in [1.807, 2.05) is 4.90 Å². The van der Waals surface area contributed by atoms with E-state index in [2.05, 4.69) is 15.1 Å². The standard InChI is InChI=1S/C13H16N4O3S/c1-19-6-11-15-12(16-20-11)9-2-4-17(5-3-9)13(18)10-7-21-8-14-10/h7-9H,2-6H2,1H3. The molecule has 0 aliphatic carbocycles. The van der Waals surface area contributed by atoms with Gasteiger partial charge in [-0.1, -0.05) is 5.16 Å². The summed E-state index contributed by atoms with van der Waals surface area (Å²) in [4.78, 5) is 22.4. The number of carbonyl (C=O) groups excluding carboxylic acids is 1. The first-order valence-electron chi connectivity index (χ1n) is 6.77. The van der Waals surface area contributed by atoms with Gasteiger partial charge in [0, 0.05) is 31.5 Å². The van der Waals surface area contributed by atoms with Crippen LogP contribution >= 0.6 is 11.3 Å². The fraction of sp³-hybridized carbons (Fsp3) is 0.538. The Morgan fingerprint density at radius 3 is 3.00 bits per heavy atom. The number of amides is 1. The molecular formula is C13H16N4O3S. The van der Waals surface area contributed by atoms with Crippen LogP contribution in [0.15, 0.2) is 15.4 Å². The Labute approximate surface area is 125 Å². The number of carbonyl (C=O) groups is 1. The van der Waals surface area contributed by atoms with Crippen molar-refractivity contribution < 1.29 is 14.1 Å². The molecule has 112 valence electrons. The number of rotatable bonds is 4. The minimum Gasteiger partial charge on any atom is -0.375 e. The fourth-order valence-electron chi connectivity index (χ4n) is 2.44. The van der Waals surface area contributed by atoms with Crippen molar-refractivity contribution in [2.45, 2.75) is 25.4 Å². The van der Waals surface area contributed by atoms with Gasteiger partial charge >= 0.3 is 0 Å². The molecule has 1 fully saturated rings. The van der Waals surface area contributed by atoms with Crippen LogP contribution in [0, 0.1) is 0 Å². The minimum absolute atomic E-state index is 0.00267. The average Bonchev–Trinajstić information content (AvgIpc) is 3.19. The van der Waals surface area contributed by atoms with Gasteiger partial charge in [0.05, 0.1) is 5.51 Å². The van der Waals surface area contributed by atoms with Crippen molar-refractivity contribution in [2.24, 2.45) is 0 Å². The van der Waals surface area contributed by atoms with Gasteiger partial charge in [-0.2, -0.15) is 4.98 Å². The number of hydrogen-bond donors (Lipinski definition) is 0. The number of methoxy groups -OCH3 is 1. The van der Waals surface area contributed by atoms with Crippen molar-refractivity contribution in [3.8, 4) is 0 Å². The van der Waals surface area contributed by atoms with E-state index in [4.69, 9.17) is 9.26 Å². The molecule has 1 aliphatic heterocycles. The van der Waals surface area contributed by atoms with Crippen molar-refractivity contribution in [3.05, 3.63) is 28.3 Å². The largest absolute Gasteiger partial charge is 0.375 e. The second-order valence-corrected chi connectivity index (χ2v) is 5.64. The van der Waals surface area contributed by atoms with Crippen LogP contribution in [0.4, 0.5) is 0 Å². The number of likely N-dealkylation sites (tertiary alicyclic amines) is 1. The molecule has 3 rings (SSSR count). The maximum atomic E-state index is 12.2. The first-order valence-corrected chi connectivity index (χ1v) is 7.71. The number of nitrogens with zero attached hydrogens (tertiary/aromatic N) is 4. The summed E-state index contributed by atoms with van der Waals surface area (Å²) >= 11 is 1.43. The Morgan fingerprint density at radius 2 is 2.33 bits per heavy atom. The van der Waals surface area contributed by atoms with Crippen LogP contribution in [-0.2, 0) is 11.3 Å². The van der Waals surface area contributed by atoms with E-state index in [1.165, 1.54) is 11.3 Å². The summed E-state index contributed by atoms with van der Waals surface area (Å²) in [5.74, 6) is 1.44. The van der Waals surface area contributed by atoms with E-state index in [0.717, 1.165) is 12.8 Å². The predicted molar refractivity (Wildman–Crippen MR) is 75.0 cm³/mol. The van der Waals surface area contributed by atoms with E-state index in [0.29, 0.717) is 37.1 Å². The summed E-state index contributed by atoms with van der Waals surface area (Å²) in [5.41, 5.74) is 2.21. The third-order valence-corrected chi connectivity index (χ3v) is 4.14. The van der Waals surface area contributed by atoms with Gasteiger partial charge in [0.1, 0.15) is 12.3 Å². The zero-order valence-corrected chi connectivity index (χ0v) is 12.5. The van der Waals surface area contributed by atoms with Crippen molar-refractivity contribution >= 4 is 17.2 Å². The van der Waals surface area contributed by atoms with Crippen molar-refractivity contribution in [2.75, 3.05) is 20.2 Å². The highest BCUT2D eigenvalue weighted by molar-refractivity contribution is 7.07. The van der Waals surface area contributed by atoms with E-state index >= 15 is 0 Å². The highest BCUT2D eigenvalue weighted by atomic mass is 32.1. The molecule has 21 heavy (non-hydrogen) atoms. The molecule has 8 heteroatoms. The predicted octanol–water partition coefficient (Wildman–Crippen LogP) is 1.69. The summed E-state index contributed by atoms with van der Waals surface area (Å²) < 4.78 is 10.1. The molecule has 7 nitrogen and oxygen atoms in total. The van der Waals surface area contributed by atoms with Gasteiger partial charge in [0.2, 0.25) is 0 Å². The van der Waals surface area contributed by atoms with E-state index in [9.17, 15) is 4.79 Å². The molecule has 3 heterocycles. The van der Waals surface area contributed by atoms with Gasteiger partial charge in [0.25, 0.3) is 11.8 Å². The summed E-state index contributed by atoms with van der Waals surface area (Å²) in [5, 5.41) is 5.78. The molecular weight excluding hydrogens is 292 g/mol. The minimum atomic E-state index is 0.00267. The van der Waals surface area contributed by atoms with Crippen LogP contribution in [0.3, 0.4) is 0 Å². The topological polar surface area (TPSA) is 81.4 Å². The highest BCUT2D eigenvalue weighted by Gasteiger charge is 2.28. The molecule has 2 aromatic heterocycles. The molecule has 0 atom stereocenters. The number of hydrogen-bond acceptors (Lipinski definition) is 7. The quantitative estimate of drug-likeness (QED) is 0.855. The molecule has 1 amide bonds.